The van der Waals surface area contributed by atoms with Gasteiger partial charge >= 0.3 is 0 Å². The topological polar surface area (TPSA) is 94.3 Å². The van der Waals surface area contributed by atoms with Crippen LogP contribution >= 0.6 is 0 Å². The minimum atomic E-state index is 0.333. The molecular weight excluding hydrogens is 348 g/mol. The molecule has 2 heterocycles. The standard InChI is InChI=1S/C22H30N6/c1-2-3-4-15-5-11-18(12-6-15)25-19-13-21(24)27-28-14-20(26-22(19)28)16-7-9-17(23)10-8-16/h5-6,11-14,16-17,25H,2-4,7-10,23H2,1H3,(H2,24,27)/t16-,17-. The van der Waals surface area contributed by atoms with Crippen LogP contribution in [0.2, 0.25) is 0 Å². The van der Waals surface area contributed by atoms with E-state index in [4.69, 9.17) is 16.5 Å². The average Bonchev–Trinajstić information content (AvgIpc) is 3.12. The summed E-state index contributed by atoms with van der Waals surface area (Å²) in [5.41, 5.74) is 17.3. The molecule has 1 aromatic carbocycles. The zero-order valence-corrected chi connectivity index (χ0v) is 16.6. The fourth-order valence-electron chi connectivity index (χ4n) is 4.01. The largest absolute Gasteiger partial charge is 0.382 e. The predicted octanol–water partition coefficient (Wildman–Crippen LogP) is 4.38. The highest BCUT2D eigenvalue weighted by molar-refractivity contribution is 5.75. The molecule has 5 N–H and O–H groups in total. The molecule has 1 aliphatic carbocycles. The van der Waals surface area contributed by atoms with E-state index in [0.717, 1.165) is 54.8 Å². The van der Waals surface area contributed by atoms with Crippen molar-refractivity contribution in [2.75, 3.05) is 11.1 Å². The van der Waals surface area contributed by atoms with Gasteiger partial charge in [0.25, 0.3) is 0 Å². The zero-order valence-electron chi connectivity index (χ0n) is 16.6. The summed E-state index contributed by atoms with van der Waals surface area (Å²) in [4.78, 5) is 4.90. The molecule has 4 rings (SSSR count). The number of nitrogens with two attached hydrogens (primary N) is 2. The van der Waals surface area contributed by atoms with E-state index in [1.54, 1.807) is 4.52 Å². The number of aryl methyl sites for hydroxylation is 1. The lowest BCUT2D eigenvalue weighted by Gasteiger charge is -2.24. The summed E-state index contributed by atoms with van der Waals surface area (Å²) < 4.78 is 1.80. The van der Waals surface area contributed by atoms with Crippen LogP contribution in [0.4, 0.5) is 17.2 Å². The second-order valence-corrected chi connectivity index (χ2v) is 7.95. The summed E-state index contributed by atoms with van der Waals surface area (Å²) in [6.07, 6.45) is 9.86. The first-order valence-corrected chi connectivity index (χ1v) is 10.4. The fraction of sp³-hybridized carbons (Fsp3) is 0.455. The van der Waals surface area contributed by atoms with Gasteiger partial charge in [-0.2, -0.15) is 0 Å². The summed E-state index contributed by atoms with van der Waals surface area (Å²) in [5, 5.41) is 7.89. The number of hydrogen-bond acceptors (Lipinski definition) is 5. The highest BCUT2D eigenvalue weighted by Crippen LogP contribution is 2.33. The number of hydrogen-bond donors (Lipinski definition) is 3. The molecule has 1 fully saturated rings. The molecule has 148 valence electrons. The lowest BCUT2D eigenvalue weighted by molar-refractivity contribution is 0.391. The van der Waals surface area contributed by atoms with Crippen molar-refractivity contribution in [1.29, 1.82) is 0 Å². The van der Waals surface area contributed by atoms with Crippen molar-refractivity contribution in [2.24, 2.45) is 5.73 Å². The number of benzene rings is 1. The molecule has 6 nitrogen and oxygen atoms in total. The van der Waals surface area contributed by atoms with E-state index in [-0.39, 0.29) is 0 Å². The minimum absolute atomic E-state index is 0.333. The van der Waals surface area contributed by atoms with Crippen LogP contribution in [0.5, 0.6) is 0 Å². The Labute approximate surface area is 166 Å². The Bertz CT molecular complexity index is 922. The number of anilines is 3. The van der Waals surface area contributed by atoms with Gasteiger partial charge in [0.15, 0.2) is 5.65 Å². The van der Waals surface area contributed by atoms with Gasteiger partial charge in [0.1, 0.15) is 5.82 Å². The van der Waals surface area contributed by atoms with Crippen LogP contribution in [0.1, 0.15) is 62.6 Å². The molecule has 0 atom stereocenters. The maximum Gasteiger partial charge on any atom is 0.177 e. The third-order valence-electron chi connectivity index (χ3n) is 5.70. The van der Waals surface area contributed by atoms with Crippen molar-refractivity contribution in [1.82, 2.24) is 14.6 Å². The van der Waals surface area contributed by atoms with Gasteiger partial charge in [-0.3, -0.25) is 0 Å². The van der Waals surface area contributed by atoms with Crippen molar-refractivity contribution in [3.05, 3.63) is 47.8 Å². The third-order valence-corrected chi connectivity index (χ3v) is 5.70. The van der Waals surface area contributed by atoms with E-state index in [1.165, 1.54) is 18.4 Å². The molecule has 0 radical (unpaired) electrons. The molecule has 0 aliphatic heterocycles. The number of nitrogens with one attached hydrogen (secondary N) is 1. The SMILES string of the molecule is CCCCc1ccc(Nc2cc(N)nn3cc([C@H]4CC[C@H](N)CC4)nc23)cc1. The molecule has 0 amide bonds. The van der Waals surface area contributed by atoms with Gasteiger partial charge in [-0.1, -0.05) is 25.5 Å². The Morgan fingerprint density at radius 2 is 1.89 bits per heavy atom. The maximum absolute atomic E-state index is 6.05. The monoisotopic (exact) mass is 378 g/mol. The van der Waals surface area contributed by atoms with E-state index >= 15 is 0 Å². The number of rotatable bonds is 6. The maximum atomic E-state index is 6.05. The van der Waals surface area contributed by atoms with Crippen molar-refractivity contribution < 1.29 is 0 Å². The van der Waals surface area contributed by atoms with Crippen LogP contribution in [-0.2, 0) is 6.42 Å². The van der Waals surface area contributed by atoms with E-state index in [1.807, 2.05) is 12.3 Å². The predicted molar refractivity (Wildman–Crippen MR) is 115 cm³/mol. The molecule has 0 bridgehead atoms. The van der Waals surface area contributed by atoms with Gasteiger partial charge in [0, 0.05) is 23.7 Å². The molecule has 0 unspecified atom stereocenters. The Balaban J connectivity index is 1.58. The van der Waals surface area contributed by atoms with Gasteiger partial charge in [-0.15, -0.1) is 5.10 Å². The van der Waals surface area contributed by atoms with E-state index < -0.39 is 0 Å². The van der Waals surface area contributed by atoms with E-state index in [0.29, 0.717) is 17.8 Å². The summed E-state index contributed by atoms with van der Waals surface area (Å²) in [7, 11) is 0. The van der Waals surface area contributed by atoms with Crippen LogP contribution in [0.25, 0.3) is 5.65 Å². The van der Waals surface area contributed by atoms with Crippen molar-refractivity contribution in [2.45, 2.75) is 63.8 Å². The van der Waals surface area contributed by atoms with Crippen LogP contribution in [0.3, 0.4) is 0 Å². The minimum Gasteiger partial charge on any atom is -0.382 e. The number of fused-ring (bicyclic) bond motifs is 1. The second-order valence-electron chi connectivity index (χ2n) is 7.95. The molecule has 1 aliphatic rings. The second kappa shape index (κ2) is 8.19. The first-order valence-electron chi connectivity index (χ1n) is 10.4. The summed E-state index contributed by atoms with van der Waals surface area (Å²) in [6, 6.07) is 10.8. The third kappa shape index (κ3) is 4.12. The molecule has 6 heteroatoms. The molecule has 1 saturated carbocycles. The molecule has 0 saturated heterocycles. The Morgan fingerprint density at radius 1 is 1.14 bits per heavy atom. The fourth-order valence-corrected chi connectivity index (χ4v) is 4.01. The first kappa shape index (κ1) is 18.7. The van der Waals surface area contributed by atoms with E-state index in [2.05, 4.69) is 41.6 Å². The van der Waals surface area contributed by atoms with Gasteiger partial charge in [-0.25, -0.2) is 9.50 Å². The molecule has 0 spiro atoms. The smallest absolute Gasteiger partial charge is 0.177 e. The number of nitrogen functional groups attached to an aromatic ring is 1. The van der Waals surface area contributed by atoms with Crippen LogP contribution < -0.4 is 16.8 Å². The lowest BCUT2D eigenvalue weighted by Crippen LogP contribution is -2.25. The van der Waals surface area contributed by atoms with Crippen molar-refractivity contribution >= 4 is 22.8 Å². The Kier molecular flexibility index (Phi) is 5.48. The van der Waals surface area contributed by atoms with Crippen LogP contribution in [0.15, 0.2) is 36.5 Å². The number of unbranched alkanes of at least 4 members (excludes halogenated alkanes) is 1. The number of imidazole rings is 1. The highest BCUT2D eigenvalue weighted by Gasteiger charge is 2.23. The number of aromatic nitrogens is 3. The van der Waals surface area contributed by atoms with Gasteiger partial charge < -0.3 is 16.8 Å². The van der Waals surface area contributed by atoms with Gasteiger partial charge in [-0.05, 0) is 56.2 Å². The molecule has 2 aromatic heterocycles. The van der Waals surface area contributed by atoms with Crippen molar-refractivity contribution in [3.8, 4) is 0 Å². The van der Waals surface area contributed by atoms with Gasteiger partial charge in [0.2, 0.25) is 0 Å². The Morgan fingerprint density at radius 3 is 2.61 bits per heavy atom. The molecule has 28 heavy (non-hydrogen) atoms. The van der Waals surface area contributed by atoms with Crippen LogP contribution in [-0.4, -0.2) is 20.6 Å². The number of nitrogens with zero attached hydrogens (tertiary/aromatic N) is 3. The van der Waals surface area contributed by atoms with Crippen LogP contribution in [0, 0.1) is 0 Å². The van der Waals surface area contributed by atoms with E-state index in [9.17, 15) is 0 Å². The molecule has 3 aromatic rings. The lowest BCUT2D eigenvalue weighted by atomic mass is 9.85. The summed E-state index contributed by atoms with van der Waals surface area (Å²) in [5.74, 6) is 0.928. The van der Waals surface area contributed by atoms with Gasteiger partial charge in [0.05, 0.1) is 17.6 Å². The molecular formula is C22H30N6. The summed E-state index contributed by atoms with van der Waals surface area (Å²) >= 11 is 0. The Hall–Kier alpha value is -2.60. The van der Waals surface area contributed by atoms with Crippen molar-refractivity contribution in [3.63, 3.8) is 0 Å². The normalized spacial score (nSPS) is 19.8. The quantitative estimate of drug-likeness (QED) is 0.592. The highest BCUT2D eigenvalue weighted by atomic mass is 15.3. The first-order chi connectivity index (χ1) is 13.6. The summed E-state index contributed by atoms with van der Waals surface area (Å²) in [6.45, 7) is 2.22. The zero-order chi connectivity index (χ0) is 19.5. The average molecular weight is 379 g/mol.